The zero-order valence-electron chi connectivity index (χ0n) is 10.2. The minimum atomic E-state index is -0.396. The lowest BCUT2D eigenvalue weighted by molar-refractivity contribution is 0.526. The Morgan fingerprint density at radius 1 is 1.20 bits per heavy atom. The predicted octanol–water partition coefficient (Wildman–Crippen LogP) is 4.25. The van der Waals surface area contributed by atoms with Gasteiger partial charge in [-0.25, -0.2) is 9.18 Å². The van der Waals surface area contributed by atoms with Crippen molar-refractivity contribution in [2.75, 3.05) is 0 Å². The molecule has 0 atom stereocenters. The molecule has 3 nitrogen and oxygen atoms in total. The average molecular weight is 354 g/mol. The average Bonchev–Trinajstić information content (AvgIpc) is 2.73. The Kier molecular flexibility index (Phi) is 3.67. The molecule has 0 unspecified atom stereocenters. The summed E-state index contributed by atoms with van der Waals surface area (Å²) in [5.74, 6) is -0.253. The smallest absolute Gasteiger partial charge is 0.408 e. The van der Waals surface area contributed by atoms with Gasteiger partial charge in [0.15, 0.2) is 5.58 Å². The van der Waals surface area contributed by atoms with Gasteiger partial charge in [-0.15, -0.1) is 11.8 Å². The van der Waals surface area contributed by atoms with Crippen LogP contribution >= 0.6 is 27.7 Å². The molecule has 3 aromatic rings. The van der Waals surface area contributed by atoms with Crippen LogP contribution in [-0.4, -0.2) is 4.57 Å². The lowest BCUT2D eigenvalue weighted by Gasteiger charge is -2.02. The van der Waals surface area contributed by atoms with E-state index in [9.17, 15) is 9.18 Å². The molecule has 1 aromatic heterocycles. The molecule has 0 radical (unpaired) electrons. The third-order valence-corrected chi connectivity index (χ3v) is 4.29. The fourth-order valence-electron chi connectivity index (χ4n) is 1.83. The van der Waals surface area contributed by atoms with Crippen molar-refractivity contribution in [1.29, 1.82) is 0 Å². The first-order valence-electron chi connectivity index (χ1n) is 5.81. The number of nitrogens with zero attached hydrogens (tertiary/aromatic N) is 1. The first kappa shape index (κ1) is 13.5. The minimum absolute atomic E-state index is 0.273. The van der Waals surface area contributed by atoms with Crippen molar-refractivity contribution >= 4 is 38.8 Å². The molecule has 0 aliphatic carbocycles. The van der Waals surface area contributed by atoms with Crippen LogP contribution in [0.1, 0.15) is 0 Å². The van der Waals surface area contributed by atoms with E-state index in [0.717, 1.165) is 14.9 Å². The van der Waals surface area contributed by atoms with E-state index in [0.29, 0.717) is 11.5 Å². The SMILES string of the molecule is O=c1oc2cc(Br)ccc2n1CSc1ccc(F)cc1. The number of hydrogen-bond donors (Lipinski definition) is 0. The fourth-order valence-corrected chi connectivity index (χ4v) is 3.02. The Hall–Kier alpha value is -1.53. The van der Waals surface area contributed by atoms with Crippen LogP contribution in [0, 0.1) is 5.82 Å². The fraction of sp³-hybridized carbons (Fsp3) is 0.0714. The van der Waals surface area contributed by atoms with Crippen LogP contribution in [0.25, 0.3) is 11.1 Å². The molecule has 0 N–H and O–H groups in total. The van der Waals surface area contributed by atoms with Gasteiger partial charge in [-0.3, -0.25) is 4.57 Å². The minimum Gasteiger partial charge on any atom is -0.408 e. The van der Waals surface area contributed by atoms with Crippen molar-refractivity contribution in [3.63, 3.8) is 0 Å². The molecule has 2 aromatic carbocycles. The second-order valence-electron chi connectivity index (χ2n) is 4.14. The van der Waals surface area contributed by atoms with Crippen LogP contribution in [0.4, 0.5) is 4.39 Å². The number of rotatable bonds is 3. The molecule has 0 saturated carbocycles. The summed E-state index contributed by atoms with van der Waals surface area (Å²) in [4.78, 5) is 12.7. The predicted molar refractivity (Wildman–Crippen MR) is 80.4 cm³/mol. The number of thioether (sulfide) groups is 1. The second kappa shape index (κ2) is 5.46. The van der Waals surface area contributed by atoms with Gasteiger partial charge in [-0.2, -0.15) is 0 Å². The van der Waals surface area contributed by atoms with Crippen molar-refractivity contribution in [3.05, 3.63) is 63.3 Å². The van der Waals surface area contributed by atoms with Gasteiger partial charge in [0.1, 0.15) is 5.82 Å². The van der Waals surface area contributed by atoms with Gasteiger partial charge >= 0.3 is 5.76 Å². The molecule has 20 heavy (non-hydrogen) atoms. The molecule has 0 bridgehead atoms. The Labute approximate surface area is 126 Å². The molecule has 0 spiro atoms. The summed E-state index contributed by atoms with van der Waals surface area (Å²) in [7, 11) is 0. The molecule has 3 rings (SSSR count). The Morgan fingerprint density at radius 3 is 2.70 bits per heavy atom. The van der Waals surface area contributed by atoms with Crippen LogP contribution in [0.2, 0.25) is 0 Å². The number of aromatic nitrogens is 1. The summed E-state index contributed by atoms with van der Waals surface area (Å²) in [5, 5.41) is 0. The topological polar surface area (TPSA) is 35.1 Å². The molecule has 6 heteroatoms. The van der Waals surface area contributed by atoms with E-state index in [-0.39, 0.29) is 5.82 Å². The third-order valence-electron chi connectivity index (χ3n) is 2.80. The Morgan fingerprint density at radius 2 is 1.95 bits per heavy atom. The van der Waals surface area contributed by atoms with Gasteiger partial charge in [0, 0.05) is 9.37 Å². The number of fused-ring (bicyclic) bond motifs is 1. The number of oxazole rings is 1. The summed E-state index contributed by atoms with van der Waals surface area (Å²) in [6, 6.07) is 11.6. The second-order valence-corrected chi connectivity index (χ2v) is 6.07. The highest BCUT2D eigenvalue weighted by molar-refractivity contribution is 9.10. The first-order valence-corrected chi connectivity index (χ1v) is 7.58. The highest BCUT2D eigenvalue weighted by atomic mass is 79.9. The third kappa shape index (κ3) is 2.66. The van der Waals surface area contributed by atoms with E-state index in [2.05, 4.69) is 15.9 Å². The van der Waals surface area contributed by atoms with E-state index in [4.69, 9.17) is 4.42 Å². The van der Waals surface area contributed by atoms with Gasteiger partial charge in [0.25, 0.3) is 0 Å². The molecule has 0 amide bonds. The quantitative estimate of drug-likeness (QED) is 0.660. The maximum absolute atomic E-state index is 12.8. The molecule has 0 saturated heterocycles. The molecule has 0 aliphatic rings. The number of halogens is 2. The van der Waals surface area contributed by atoms with Crippen LogP contribution in [0.15, 0.2) is 61.0 Å². The van der Waals surface area contributed by atoms with Crippen molar-refractivity contribution in [2.45, 2.75) is 10.8 Å². The van der Waals surface area contributed by atoms with Gasteiger partial charge in [0.2, 0.25) is 0 Å². The monoisotopic (exact) mass is 353 g/mol. The standard InChI is InChI=1S/C14H9BrFNO2S/c15-9-1-6-12-13(7-9)19-14(18)17(12)8-20-11-4-2-10(16)3-5-11/h1-7H,8H2. The molecule has 1 heterocycles. The highest BCUT2D eigenvalue weighted by Crippen LogP contribution is 2.23. The van der Waals surface area contributed by atoms with E-state index < -0.39 is 5.76 Å². The normalized spacial score (nSPS) is 11.1. The number of hydrogen-bond acceptors (Lipinski definition) is 3. The largest absolute Gasteiger partial charge is 0.420 e. The van der Waals surface area contributed by atoms with Crippen LogP contribution in [-0.2, 0) is 5.88 Å². The van der Waals surface area contributed by atoms with Gasteiger partial charge in [-0.05, 0) is 42.5 Å². The molecular weight excluding hydrogens is 345 g/mol. The molecule has 0 aliphatic heterocycles. The highest BCUT2D eigenvalue weighted by Gasteiger charge is 2.09. The molecule has 0 fully saturated rings. The Balaban J connectivity index is 1.89. The summed E-state index contributed by atoms with van der Waals surface area (Å²) in [6.07, 6.45) is 0. The van der Waals surface area contributed by atoms with Crippen LogP contribution in [0.3, 0.4) is 0 Å². The van der Waals surface area contributed by atoms with Gasteiger partial charge in [-0.1, -0.05) is 15.9 Å². The molecule has 102 valence electrons. The van der Waals surface area contributed by atoms with Crippen molar-refractivity contribution in [1.82, 2.24) is 4.57 Å². The Bertz CT molecular complexity index is 810. The summed E-state index contributed by atoms with van der Waals surface area (Å²) < 4.78 is 20.4. The van der Waals surface area contributed by atoms with E-state index in [1.807, 2.05) is 12.1 Å². The van der Waals surface area contributed by atoms with Gasteiger partial charge in [0.05, 0.1) is 11.4 Å². The summed E-state index contributed by atoms with van der Waals surface area (Å²) >= 11 is 4.78. The maximum Gasteiger partial charge on any atom is 0.420 e. The van der Waals surface area contributed by atoms with Gasteiger partial charge < -0.3 is 4.42 Å². The van der Waals surface area contributed by atoms with Crippen molar-refractivity contribution in [3.8, 4) is 0 Å². The lowest BCUT2D eigenvalue weighted by Crippen LogP contribution is -2.12. The first-order chi connectivity index (χ1) is 9.63. The van der Waals surface area contributed by atoms with Crippen molar-refractivity contribution in [2.24, 2.45) is 0 Å². The molecular formula is C14H9BrFNO2S. The lowest BCUT2D eigenvalue weighted by atomic mass is 10.3. The maximum atomic E-state index is 12.8. The van der Waals surface area contributed by atoms with Crippen LogP contribution in [0.5, 0.6) is 0 Å². The van der Waals surface area contributed by atoms with E-state index in [1.54, 1.807) is 22.8 Å². The zero-order valence-corrected chi connectivity index (χ0v) is 12.6. The summed E-state index contributed by atoms with van der Waals surface area (Å²) in [6.45, 7) is 0. The van der Waals surface area contributed by atoms with E-state index in [1.165, 1.54) is 23.9 Å². The van der Waals surface area contributed by atoms with Crippen LogP contribution < -0.4 is 5.76 Å². The number of benzene rings is 2. The zero-order chi connectivity index (χ0) is 14.1. The van der Waals surface area contributed by atoms with E-state index >= 15 is 0 Å². The summed E-state index contributed by atoms with van der Waals surface area (Å²) in [5.41, 5.74) is 1.29. The van der Waals surface area contributed by atoms with Crippen molar-refractivity contribution < 1.29 is 8.81 Å².